The van der Waals surface area contributed by atoms with Gasteiger partial charge in [0.2, 0.25) is 0 Å². The Morgan fingerprint density at radius 2 is 2.42 bits per heavy atom. The molecule has 0 aliphatic carbocycles. The molecule has 0 heterocycles. The van der Waals surface area contributed by atoms with E-state index in [-0.39, 0.29) is 6.54 Å². The second kappa shape index (κ2) is 6.46. The van der Waals surface area contributed by atoms with Crippen LogP contribution in [0.2, 0.25) is 0 Å². The van der Waals surface area contributed by atoms with E-state index < -0.39 is 0 Å². The molecule has 0 unspecified atom stereocenters. The highest BCUT2D eigenvalue weighted by Crippen LogP contribution is 2.08. The maximum absolute atomic E-state index is 8.02. The second-order valence-corrected chi connectivity index (χ2v) is 2.29. The first kappa shape index (κ1) is 10.8. The molecule has 0 aromatic rings. The predicted octanol–water partition coefficient (Wildman–Crippen LogP) is 3.02. The lowest BCUT2D eigenvalue weighted by molar-refractivity contribution is 1.09. The Morgan fingerprint density at radius 1 is 1.75 bits per heavy atom. The molecule has 0 aromatic heterocycles. The minimum Gasteiger partial charge on any atom is -0.269 e. The van der Waals surface area contributed by atoms with Crippen molar-refractivity contribution in [3.8, 4) is 0 Å². The summed E-state index contributed by atoms with van der Waals surface area (Å²) in [7, 11) is 0. The number of rotatable bonds is 4. The highest BCUT2D eigenvalue weighted by molar-refractivity contribution is 6.31. The lowest BCUT2D eigenvalue weighted by Gasteiger charge is -1.93. The van der Waals surface area contributed by atoms with Crippen LogP contribution in [0, 0.1) is 0 Å². The monoisotopic (exact) mass is 184 g/mol. The zero-order valence-corrected chi connectivity index (χ0v) is 7.49. The van der Waals surface area contributed by atoms with Crippen LogP contribution in [0.25, 0.3) is 10.4 Å². The third-order valence-corrected chi connectivity index (χ3v) is 1.41. The minimum atomic E-state index is 0.171. The molecule has 0 fully saturated rings. The molecule has 0 aliphatic heterocycles. The van der Waals surface area contributed by atoms with E-state index in [1.165, 1.54) is 0 Å². The van der Waals surface area contributed by atoms with Crippen LogP contribution >= 0.6 is 11.6 Å². The van der Waals surface area contributed by atoms with Crippen LogP contribution in [0.1, 0.15) is 6.92 Å². The van der Waals surface area contributed by atoms with Crippen molar-refractivity contribution in [2.45, 2.75) is 6.92 Å². The first-order chi connectivity index (χ1) is 5.74. The fourth-order valence-corrected chi connectivity index (χ4v) is 0.614. The number of hydrogen-bond donors (Lipinski definition) is 0. The van der Waals surface area contributed by atoms with Crippen molar-refractivity contribution in [3.05, 3.63) is 33.3 Å². The maximum Gasteiger partial charge on any atom is 0.0684 e. The molecule has 0 spiro atoms. The molecule has 4 nitrogen and oxygen atoms in total. The lowest BCUT2D eigenvalue weighted by atomic mass is 10.4. The normalized spacial score (nSPS) is 12.2. The summed E-state index contributed by atoms with van der Waals surface area (Å²) in [6.45, 7) is 5.28. The Balaban J connectivity index is 4.42. The smallest absolute Gasteiger partial charge is 0.0684 e. The van der Waals surface area contributed by atoms with Gasteiger partial charge in [-0.25, -0.2) is 0 Å². The number of azide groups is 1. The third-order valence-electron chi connectivity index (χ3n) is 1.08. The quantitative estimate of drug-likeness (QED) is 0.212. The average Bonchev–Trinajstić information content (AvgIpc) is 2.11. The summed E-state index contributed by atoms with van der Waals surface area (Å²) in [6, 6.07) is 0. The van der Waals surface area contributed by atoms with E-state index in [1.54, 1.807) is 19.1 Å². The summed E-state index contributed by atoms with van der Waals surface area (Å²) in [5, 5.41) is 3.87. The van der Waals surface area contributed by atoms with E-state index in [0.29, 0.717) is 10.7 Å². The topological polar surface area (TPSA) is 61.1 Å². The molecule has 0 rings (SSSR count). The van der Waals surface area contributed by atoms with Crippen molar-refractivity contribution in [3.63, 3.8) is 0 Å². The summed E-state index contributed by atoms with van der Waals surface area (Å²) in [4.78, 5) is 6.22. The third kappa shape index (κ3) is 4.55. The molecular weight excluding hydrogens is 176 g/mol. The molecule has 0 N–H and O–H groups in total. The van der Waals surface area contributed by atoms with Gasteiger partial charge >= 0.3 is 0 Å². The van der Waals surface area contributed by atoms with E-state index in [9.17, 15) is 0 Å². The van der Waals surface area contributed by atoms with E-state index in [1.807, 2.05) is 0 Å². The van der Waals surface area contributed by atoms with Gasteiger partial charge in [0.15, 0.2) is 0 Å². The summed E-state index contributed by atoms with van der Waals surface area (Å²) in [6.07, 6.45) is 3.31. The Hall–Kier alpha value is -1.25. The summed E-state index contributed by atoms with van der Waals surface area (Å²) >= 11 is 5.68. The lowest BCUT2D eigenvalue weighted by Crippen LogP contribution is -1.82. The van der Waals surface area contributed by atoms with Crippen molar-refractivity contribution >= 4 is 18.3 Å². The Kier molecular flexibility index (Phi) is 5.79. The van der Waals surface area contributed by atoms with Gasteiger partial charge in [0.25, 0.3) is 0 Å². The number of hydrogen-bond acceptors (Lipinski definition) is 2. The highest BCUT2D eigenvalue weighted by atomic mass is 35.5. The van der Waals surface area contributed by atoms with Crippen LogP contribution in [0.15, 0.2) is 33.0 Å². The minimum absolute atomic E-state index is 0.171. The van der Waals surface area contributed by atoms with Gasteiger partial charge in [-0.05, 0) is 25.2 Å². The van der Waals surface area contributed by atoms with E-state index >= 15 is 0 Å². The van der Waals surface area contributed by atoms with Crippen LogP contribution in [-0.2, 0) is 0 Å². The summed E-state index contributed by atoms with van der Waals surface area (Å²) in [5.41, 5.74) is 8.58. The first-order valence-electron chi connectivity index (χ1n) is 3.24. The van der Waals surface area contributed by atoms with Gasteiger partial charge in [-0.2, -0.15) is 0 Å². The highest BCUT2D eigenvalue weighted by Gasteiger charge is 1.91. The van der Waals surface area contributed by atoms with Gasteiger partial charge in [0, 0.05) is 15.6 Å². The molecule has 64 valence electrons. The Labute approximate surface area is 75.9 Å². The molecule has 0 bridgehead atoms. The fraction of sp³-hybridized carbons (Fsp3) is 0.286. The molecular formula is C7H9ClN4. The maximum atomic E-state index is 8.02. The molecule has 0 aliphatic rings. The van der Waals surface area contributed by atoms with Crippen molar-refractivity contribution in [1.29, 1.82) is 0 Å². The zero-order chi connectivity index (χ0) is 9.40. The first-order valence-corrected chi connectivity index (χ1v) is 3.62. The van der Waals surface area contributed by atoms with Crippen molar-refractivity contribution < 1.29 is 0 Å². The summed E-state index contributed by atoms with van der Waals surface area (Å²) < 4.78 is 0. The van der Waals surface area contributed by atoms with Crippen LogP contribution in [0.3, 0.4) is 0 Å². The molecule has 0 saturated heterocycles. The zero-order valence-electron chi connectivity index (χ0n) is 6.74. The number of allylic oxidation sites excluding steroid dienone is 3. The van der Waals surface area contributed by atoms with Gasteiger partial charge in [0.1, 0.15) is 0 Å². The van der Waals surface area contributed by atoms with E-state index in [0.717, 1.165) is 0 Å². The van der Waals surface area contributed by atoms with Crippen molar-refractivity contribution in [1.82, 2.24) is 0 Å². The van der Waals surface area contributed by atoms with Crippen LogP contribution in [0.5, 0.6) is 0 Å². The molecule has 0 atom stereocenters. The average molecular weight is 185 g/mol. The molecule has 0 radical (unpaired) electrons. The van der Waals surface area contributed by atoms with Gasteiger partial charge in [0.05, 0.1) is 6.54 Å². The molecule has 0 aromatic carbocycles. The molecule has 12 heavy (non-hydrogen) atoms. The molecule has 0 saturated carbocycles. The van der Waals surface area contributed by atoms with Crippen LogP contribution < -0.4 is 0 Å². The largest absolute Gasteiger partial charge is 0.269 e. The van der Waals surface area contributed by atoms with Crippen LogP contribution in [0.4, 0.5) is 0 Å². The number of aliphatic imine (C=N–C) groups is 1. The Morgan fingerprint density at radius 3 is 2.83 bits per heavy atom. The van der Waals surface area contributed by atoms with Gasteiger partial charge in [-0.3, -0.25) is 4.99 Å². The van der Waals surface area contributed by atoms with Gasteiger partial charge < -0.3 is 0 Å². The van der Waals surface area contributed by atoms with E-state index in [2.05, 4.69) is 21.7 Å². The van der Waals surface area contributed by atoms with E-state index in [4.69, 9.17) is 17.1 Å². The van der Waals surface area contributed by atoms with Crippen molar-refractivity contribution in [2.75, 3.05) is 6.54 Å². The van der Waals surface area contributed by atoms with Crippen LogP contribution in [-0.4, -0.2) is 13.3 Å². The second-order valence-electron chi connectivity index (χ2n) is 1.86. The molecule has 0 amide bonds. The fourth-order valence-electron chi connectivity index (χ4n) is 0.488. The summed E-state index contributed by atoms with van der Waals surface area (Å²) in [5.74, 6) is 0. The number of halogens is 1. The van der Waals surface area contributed by atoms with Gasteiger partial charge in [-0.1, -0.05) is 22.8 Å². The van der Waals surface area contributed by atoms with Crippen molar-refractivity contribution in [2.24, 2.45) is 10.1 Å². The SMILES string of the molecule is C=N/C(=C\C(Cl)=C/C)CN=[N+]=[N-]. The number of nitrogens with zero attached hydrogens (tertiary/aromatic N) is 4. The standard InChI is InChI=1S/C7H9ClN4/c1-3-6(8)4-7(10-2)5-11-12-9/h3-4H,2,5H2,1H3/b6-3+,7-4-. The molecule has 5 heteroatoms. The predicted molar refractivity (Wildman–Crippen MR) is 51.3 cm³/mol. The van der Waals surface area contributed by atoms with Gasteiger partial charge in [-0.15, -0.1) is 0 Å². The Bertz CT molecular complexity index is 261.